The van der Waals surface area contributed by atoms with Crippen molar-refractivity contribution in [2.45, 2.75) is 25.9 Å². The van der Waals surface area contributed by atoms with Crippen molar-refractivity contribution in [3.05, 3.63) is 54.7 Å². The summed E-state index contributed by atoms with van der Waals surface area (Å²) in [5.41, 5.74) is 3.12. The van der Waals surface area contributed by atoms with Crippen LogP contribution in [-0.4, -0.2) is 32.3 Å². The highest BCUT2D eigenvalue weighted by molar-refractivity contribution is 6.21. The van der Waals surface area contributed by atoms with Gasteiger partial charge in [-0.1, -0.05) is 13.0 Å². The third kappa shape index (κ3) is 2.75. The van der Waals surface area contributed by atoms with Crippen LogP contribution in [0.25, 0.3) is 5.65 Å². The minimum atomic E-state index is -0.453. The van der Waals surface area contributed by atoms with Crippen LogP contribution in [0.4, 0.5) is 16.2 Å². The van der Waals surface area contributed by atoms with Crippen molar-refractivity contribution in [3.8, 4) is 0 Å². The van der Waals surface area contributed by atoms with Gasteiger partial charge in [-0.25, -0.2) is 14.7 Å². The topological polar surface area (TPSA) is 91.6 Å². The Balaban J connectivity index is 1.53. The number of benzene rings is 1. The Bertz CT molecular complexity index is 982. The predicted octanol–water partition coefficient (Wildman–Crippen LogP) is 2.18. The molecule has 0 bridgehead atoms. The summed E-state index contributed by atoms with van der Waals surface area (Å²) in [7, 11) is 0. The summed E-state index contributed by atoms with van der Waals surface area (Å²) in [6.45, 7) is 2.42. The molecule has 1 fully saturated rings. The van der Waals surface area contributed by atoms with E-state index in [2.05, 4.69) is 20.6 Å². The molecule has 3 amide bonds. The van der Waals surface area contributed by atoms with Crippen LogP contribution in [0.1, 0.15) is 19.0 Å². The molecule has 2 aromatic heterocycles. The maximum Gasteiger partial charge on any atom is 0.329 e. The number of carbonyl (C=O) groups excluding carboxylic acids is 2. The van der Waals surface area contributed by atoms with Crippen molar-refractivity contribution in [2.75, 3.05) is 10.2 Å². The van der Waals surface area contributed by atoms with E-state index < -0.39 is 6.04 Å². The highest BCUT2D eigenvalue weighted by Gasteiger charge is 2.37. The quantitative estimate of drug-likeness (QED) is 0.688. The molecule has 0 saturated carbocycles. The van der Waals surface area contributed by atoms with Gasteiger partial charge in [0.1, 0.15) is 6.04 Å². The molecule has 8 nitrogen and oxygen atoms in total. The van der Waals surface area contributed by atoms with Gasteiger partial charge in [0, 0.05) is 18.1 Å². The van der Waals surface area contributed by atoms with E-state index in [1.165, 1.54) is 4.90 Å². The number of fused-ring (bicyclic) bond motifs is 1. The average molecular weight is 350 g/mol. The first-order chi connectivity index (χ1) is 12.7. The van der Waals surface area contributed by atoms with Crippen molar-refractivity contribution in [3.63, 3.8) is 0 Å². The van der Waals surface area contributed by atoms with Gasteiger partial charge in [-0.3, -0.25) is 14.2 Å². The van der Waals surface area contributed by atoms with Crippen LogP contribution < -0.4 is 15.5 Å². The van der Waals surface area contributed by atoms with Crippen molar-refractivity contribution >= 4 is 29.0 Å². The molecule has 1 saturated heterocycles. The number of nitrogens with one attached hydrogen (secondary N) is 2. The number of hydrogen-bond acceptors (Lipinski definition) is 5. The van der Waals surface area contributed by atoms with E-state index in [1.54, 1.807) is 30.7 Å². The van der Waals surface area contributed by atoms with Gasteiger partial charge in [0.2, 0.25) is 0 Å². The zero-order chi connectivity index (χ0) is 18.1. The molecule has 132 valence electrons. The Morgan fingerprint density at radius 3 is 2.96 bits per heavy atom. The number of amides is 3. The lowest BCUT2D eigenvalue weighted by Gasteiger charge is -2.15. The zero-order valence-corrected chi connectivity index (χ0v) is 14.2. The van der Waals surface area contributed by atoms with Crippen molar-refractivity contribution in [2.24, 2.45) is 0 Å². The van der Waals surface area contributed by atoms with Gasteiger partial charge in [0.25, 0.3) is 5.91 Å². The van der Waals surface area contributed by atoms with E-state index in [-0.39, 0.29) is 11.9 Å². The number of aromatic nitrogens is 3. The van der Waals surface area contributed by atoms with Crippen LogP contribution >= 0.6 is 0 Å². The first-order valence-corrected chi connectivity index (χ1v) is 8.41. The van der Waals surface area contributed by atoms with E-state index in [4.69, 9.17) is 0 Å². The number of imide groups is 1. The van der Waals surface area contributed by atoms with Gasteiger partial charge >= 0.3 is 6.03 Å². The monoisotopic (exact) mass is 350 g/mol. The second-order valence-corrected chi connectivity index (χ2v) is 6.04. The minimum Gasteiger partial charge on any atom is -0.379 e. The number of rotatable bonds is 5. The van der Waals surface area contributed by atoms with Gasteiger partial charge in [-0.05, 0) is 24.6 Å². The molecule has 1 unspecified atom stereocenters. The zero-order valence-electron chi connectivity index (χ0n) is 14.2. The molecule has 1 aliphatic heterocycles. The third-order valence-corrected chi connectivity index (χ3v) is 4.40. The molecule has 4 rings (SSSR count). The molecular formula is C18H18N6O2. The molecule has 26 heavy (non-hydrogen) atoms. The fourth-order valence-corrected chi connectivity index (χ4v) is 3.03. The van der Waals surface area contributed by atoms with E-state index in [9.17, 15) is 9.59 Å². The summed E-state index contributed by atoms with van der Waals surface area (Å²) in [6.07, 6.45) is 7.62. The predicted molar refractivity (Wildman–Crippen MR) is 96.9 cm³/mol. The lowest BCUT2D eigenvalue weighted by molar-refractivity contribution is -0.118. The van der Waals surface area contributed by atoms with Crippen molar-refractivity contribution < 1.29 is 9.59 Å². The Morgan fingerprint density at radius 2 is 2.15 bits per heavy atom. The van der Waals surface area contributed by atoms with Crippen LogP contribution in [0, 0.1) is 0 Å². The van der Waals surface area contributed by atoms with Crippen LogP contribution in [0.3, 0.4) is 0 Å². The maximum absolute atomic E-state index is 12.4. The van der Waals surface area contributed by atoms with Crippen LogP contribution in [-0.2, 0) is 11.3 Å². The van der Waals surface area contributed by atoms with Crippen molar-refractivity contribution in [1.82, 2.24) is 19.7 Å². The second-order valence-electron chi connectivity index (χ2n) is 6.04. The van der Waals surface area contributed by atoms with Gasteiger partial charge in [-0.15, -0.1) is 0 Å². The summed E-state index contributed by atoms with van der Waals surface area (Å²) in [4.78, 5) is 34.0. The third-order valence-electron chi connectivity index (χ3n) is 4.40. The normalized spacial score (nSPS) is 17.0. The molecule has 0 aliphatic carbocycles. The standard InChI is InChI=1S/C18H18N6O2/c1-2-15-17(25)24(18(26)22-15)13-5-3-4-12(8-13)20-9-14-10-21-16-11-19-6-7-23(14)16/h3-8,10-11,15,20H,2,9H2,1H3,(H,22,26). The summed E-state index contributed by atoms with van der Waals surface area (Å²) in [5.74, 6) is -0.219. The van der Waals surface area contributed by atoms with E-state index in [0.717, 1.165) is 17.0 Å². The SMILES string of the molecule is CCC1NC(=O)N(c2cccc(NCc3cnc4cnccn34)c2)C1=O. The van der Waals surface area contributed by atoms with Gasteiger partial charge in [-0.2, -0.15) is 0 Å². The number of imidazole rings is 1. The van der Waals surface area contributed by atoms with Crippen LogP contribution in [0.15, 0.2) is 49.1 Å². The maximum atomic E-state index is 12.4. The molecule has 8 heteroatoms. The molecule has 0 radical (unpaired) electrons. The van der Waals surface area contributed by atoms with Gasteiger partial charge < -0.3 is 10.6 Å². The summed E-state index contributed by atoms with van der Waals surface area (Å²) in [5, 5.41) is 6.00. The molecule has 3 heterocycles. The largest absolute Gasteiger partial charge is 0.379 e. The van der Waals surface area contributed by atoms with Gasteiger partial charge in [0.15, 0.2) is 5.65 Å². The van der Waals surface area contributed by atoms with E-state index >= 15 is 0 Å². The molecule has 1 aliphatic rings. The Kier molecular flexibility index (Phi) is 4.00. The number of anilines is 2. The Morgan fingerprint density at radius 1 is 1.27 bits per heavy atom. The highest BCUT2D eigenvalue weighted by Crippen LogP contribution is 2.24. The molecular weight excluding hydrogens is 332 g/mol. The number of hydrogen-bond donors (Lipinski definition) is 2. The Labute approximate surface area is 149 Å². The second kappa shape index (κ2) is 6.47. The summed E-state index contributed by atoms with van der Waals surface area (Å²) in [6, 6.07) is 6.42. The fourth-order valence-electron chi connectivity index (χ4n) is 3.03. The molecule has 1 aromatic carbocycles. The Hall–Kier alpha value is -3.42. The van der Waals surface area contributed by atoms with Crippen LogP contribution in [0.2, 0.25) is 0 Å². The summed E-state index contributed by atoms with van der Waals surface area (Å²) < 4.78 is 1.95. The molecule has 1 atom stereocenters. The average Bonchev–Trinajstić information content (AvgIpc) is 3.20. The van der Waals surface area contributed by atoms with Crippen molar-refractivity contribution in [1.29, 1.82) is 0 Å². The fraction of sp³-hybridized carbons (Fsp3) is 0.222. The number of nitrogens with zero attached hydrogens (tertiary/aromatic N) is 4. The minimum absolute atomic E-state index is 0.219. The van der Waals surface area contributed by atoms with E-state index in [1.807, 2.05) is 29.7 Å². The van der Waals surface area contributed by atoms with Crippen LogP contribution in [0.5, 0.6) is 0 Å². The first-order valence-electron chi connectivity index (χ1n) is 8.41. The van der Waals surface area contributed by atoms with E-state index in [0.29, 0.717) is 18.7 Å². The molecule has 3 aromatic rings. The number of urea groups is 1. The number of carbonyl (C=O) groups is 2. The highest BCUT2D eigenvalue weighted by atomic mass is 16.2. The molecule has 2 N–H and O–H groups in total. The lowest BCUT2D eigenvalue weighted by atomic mass is 10.2. The molecule has 0 spiro atoms. The van der Waals surface area contributed by atoms with Gasteiger partial charge in [0.05, 0.1) is 30.3 Å². The smallest absolute Gasteiger partial charge is 0.329 e. The summed E-state index contributed by atoms with van der Waals surface area (Å²) >= 11 is 0. The first kappa shape index (κ1) is 16.1. The lowest BCUT2D eigenvalue weighted by Crippen LogP contribution is -2.31.